The van der Waals surface area contributed by atoms with Gasteiger partial charge >= 0.3 is 0 Å². The van der Waals surface area contributed by atoms with E-state index < -0.39 is 11.7 Å². The van der Waals surface area contributed by atoms with Crippen LogP contribution in [0.1, 0.15) is 16.2 Å². The number of hydrogen-bond acceptors (Lipinski definition) is 5. The Balaban J connectivity index is 1.91. The summed E-state index contributed by atoms with van der Waals surface area (Å²) >= 11 is 0. The number of nitrogens with zero attached hydrogens (tertiary/aromatic N) is 2. The third-order valence-corrected chi connectivity index (χ3v) is 2.28. The molecule has 0 atom stereocenters. The van der Waals surface area contributed by atoms with Crippen LogP contribution in [0.15, 0.2) is 29.1 Å². The van der Waals surface area contributed by atoms with Crippen molar-refractivity contribution in [1.82, 2.24) is 15.5 Å². The number of aromatic nitrogens is 2. The standard InChI is InChI=1S/C11H11FN4O2/c12-9-5-7(13)1-2-8(9)11(17)14-4-3-10-15-6-18-16-10/h1-2,5-6H,3-4,13H2,(H,14,17). The molecule has 1 heterocycles. The summed E-state index contributed by atoms with van der Waals surface area (Å²) < 4.78 is 18.0. The minimum atomic E-state index is -0.646. The number of hydrogen-bond donors (Lipinski definition) is 2. The maximum absolute atomic E-state index is 13.4. The van der Waals surface area contributed by atoms with Gasteiger partial charge in [0.25, 0.3) is 5.91 Å². The van der Waals surface area contributed by atoms with Crippen LogP contribution < -0.4 is 11.1 Å². The highest BCUT2D eigenvalue weighted by Crippen LogP contribution is 2.11. The van der Waals surface area contributed by atoms with Gasteiger partial charge in [-0.25, -0.2) is 4.39 Å². The van der Waals surface area contributed by atoms with Crippen molar-refractivity contribution in [1.29, 1.82) is 0 Å². The summed E-state index contributed by atoms with van der Waals surface area (Å²) in [7, 11) is 0. The van der Waals surface area contributed by atoms with Gasteiger partial charge in [0.1, 0.15) is 5.82 Å². The first-order valence-electron chi connectivity index (χ1n) is 5.25. The summed E-state index contributed by atoms with van der Waals surface area (Å²) in [4.78, 5) is 15.4. The van der Waals surface area contributed by atoms with Crippen LogP contribution in [-0.2, 0) is 6.42 Å². The minimum Gasteiger partial charge on any atom is -0.399 e. The van der Waals surface area contributed by atoms with E-state index in [9.17, 15) is 9.18 Å². The van der Waals surface area contributed by atoms with Crippen molar-refractivity contribution in [2.45, 2.75) is 6.42 Å². The number of rotatable bonds is 4. The number of nitrogen functional groups attached to an aromatic ring is 1. The molecule has 3 N–H and O–H groups in total. The number of anilines is 1. The van der Waals surface area contributed by atoms with E-state index in [-0.39, 0.29) is 11.3 Å². The first kappa shape index (κ1) is 12.0. The minimum absolute atomic E-state index is 0.0442. The number of nitrogens with one attached hydrogen (secondary N) is 1. The first-order valence-corrected chi connectivity index (χ1v) is 5.25. The Kier molecular flexibility index (Phi) is 3.52. The van der Waals surface area contributed by atoms with E-state index in [0.29, 0.717) is 18.8 Å². The number of carbonyl (C=O) groups excluding carboxylic acids is 1. The van der Waals surface area contributed by atoms with E-state index in [4.69, 9.17) is 5.73 Å². The zero-order valence-electron chi connectivity index (χ0n) is 9.39. The Morgan fingerprint density at radius 2 is 2.33 bits per heavy atom. The molecule has 2 aromatic rings. The van der Waals surface area contributed by atoms with Crippen LogP contribution in [0.25, 0.3) is 0 Å². The number of halogens is 1. The second-order valence-corrected chi connectivity index (χ2v) is 3.59. The Labute approximate surface area is 102 Å². The number of amides is 1. The van der Waals surface area contributed by atoms with Crippen LogP contribution in [-0.4, -0.2) is 22.6 Å². The number of carbonyl (C=O) groups is 1. The highest BCUT2D eigenvalue weighted by molar-refractivity contribution is 5.94. The predicted octanol–water partition coefficient (Wildman–Crippen LogP) is 0.763. The van der Waals surface area contributed by atoms with Crippen LogP contribution in [0.4, 0.5) is 10.1 Å². The van der Waals surface area contributed by atoms with Gasteiger partial charge in [-0.05, 0) is 18.2 Å². The van der Waals surface area contributed by atoms with E-state index in [0.717, 1.165) is 6.07 Å². The maximum Gasteiger partial charge on any atom is 0.254 e. The highest BCUT2D eigenvalue weighted by Gasteiger charge is 2.11. The lowest BCUT2D eigenvalue weighted by Crippen LogP contribution is -2.26. The van der Waals surface area contributed by atoms with Gasteiger partial charge in [-0.1, -0.05) is 5.16 Å². The lowest BCUT2D eigenvalue weighted by molar-refractivity contribution is 0.0950. The van der Waals surface area contributed by atoms with E-state index in [1.165, 1.54) is 18.5 Å². The maximum atomic E-state index is 13.4. The molecule has 6 nitrogen and oxygen atoms in total. The third-order valence-electron chi connectivity index (χ3n) is 2.28. The van der Waals surface area contributed by atoms with Crippen molar-refractivity contribution in [2.75, 3.05) is 12.3 Å². The largest absolute Gasteiger partial charge is 0.399 e. The SMILES string of the molecule is Nc1ccc(C(=O)NCCc2ncon2)c(F)c1. The Hall–Kier alpha value is -2.44. The van der Waals surface area contributed by atoms with Crippen molar-refractivity contribution in [2.24, 2.45) is 0 Å². The van der Waals surface area contributed by atoms with Crippen molar-refractivity contribution in [3.63, 3.8) is 0 Å². The average Bonchev–Trinajstić information content (AvgIpc) is 2.81. The summed E-state index contributed by atoms with van der Waals surface area (Å²) in [5, 5.41) is 6.14. The van der Waals surface area contributed by atoms with Crippen molar-refractivity contribution in [3.8, 4) is 0 Å². The molecule has 1 aromatic heterocycles. The molecule has 0 saturated carbocycles. The quantitative estimate of drug-likeness (QED) is 0.781. The zero-order chi connectivity index (χ0) is 13.0. The van der Waals surface area contributed by atoms with E-state index in [1.807, 2.05) is 0 Å². The van der Waals surface area contributed by atoms with Gasteiger partial charge in [0.15, 0.2) is 5.82 Å². The van der Waals surface area contributed by atoms with Crippen molar-refractivity contribution < 1.29 is 13.7 Å². The van der Waals surface area contributed by atoms with Gasteiger partial charge in [0.2, 0.25) is 6.39 Å². The third kappa shape index (κ3) is 2.82. The highest BCUT2D eigenvalue weighted by atomic mass is 19.1. The van der Waals surface area contributed by atoms with Crippen LogP contribution in [0, 0.1) is 5.82 Å². The van der Waals surface area contributed by atoms with Crippen LogP contribution >= 0.6 is 0 Å². The molecule has 0 unspecified atom stereocenters. The molecule has 0 aliphatic carbocycles. The number of benzene rings is 1. The van der Waals surface area contributed by atoms with Gasteiger partial charge < -0.3 is 15.6 Å². The fourth-order valence-corrected chi connectivity index (χ4v) is 1.40. The molecule has 0 radical (unpaired) electrons. The number of nitrogens with two attached hydrogens (primary N) is 1. The molecule has 18 heavy (non-hydrogen) atoms. The normalized spacial score (nSPS) is 10.3. The predicted molar refractivity (Wildman–Crippen MR) is 61.1 cm³/mol. The molecular formula is C11H11FN4O2. The molecular weight excluding hydrogens is 239 g/mol. The lowest BCUT2D eigenvalue weighted by Gasteiger charge is -2.05. The summed E-state index contributed by atoms with van der Waals surface area (Å²) in [5.41, 5.74) is 5.62. The molecule has 0 saturated heterocycles. The monoisotopic (exact) mass is 250 g/mol. The molecule has 0 spiro atoms. The molecule has 0 aliphatic heterocycles. The zero-order valence-corrected chi connectivity index (χ0v) is 9.39. The fourth-order valence-electron chi connectivity index (χ4n) is 1.40. The van der Waals surface area contributed by atoms with E-state index >= 15 is 0 Å². The van der Waals surface area contributed by atoms with Gasteiger partial charge in [0.05, 0.1) is 5.56 Å². The summed E-state index contributed by atoms with van der Waals surface area (Å²) in [6.07, 6.45) is 1.62. The Morgan fingerprint density at radius 1 is 1.50 bits per heavy atom. The van der Waals surface area contributed by atoms with Gasteiger partial charge in [-0.3, -0.25) is 4.79 Å². The van der Waals surface area contributed by atoms with E-state index in [2.05, 4.69) is 20.0 Å². The van der Waals surface area contributed by atoms with Gasteiger partial charge in [0, 0.05) is 18.7 Å². The average molecular weight is 250 g/mol. The fraction of sp³-hybridized carbons (Fsp3) is 0.182. The second kappa shape index (κ2) is 5.26. The molecule has 1 aromatic carbocycles. The Morgan fingerprint density at radius 3 is 3.00 bits per heavy atom. The molecule has 7 heteroatoms. The van der Waals surface area contributed by atoms with Crippen molar-refractivity contribution >= 4 is 11.6 Å². The molecule has 0 fully saturated rings. The van der Waals surface area contributed by atoms with E-state index in [1.54, 1.807) is 0 Å². The molecule has 0 bridgehead atoms. The molecule has 0 aliphatic rings. The second-order valence-electron chi connectivity index (χ2n) is 3.59. The van der Waals surface area contributed by atoms with Crippen LogP contribution in [0.2, 0.25) is 0 Å². The Bertz CT molecular complexity index is 542. The summed E-state index contributed by atoms with van der Waals surface area (Å²) in [5.74, 6) is -0.670. The van der Waals surface area contributed by atoms with Crippen LogP contribution in [0.3, 0.4) is 0 Å². The lowest BCUT2D eigenvalue weighted by atomic mass is 10.2. The summed E-state index contributed by atoms with van der Waals surface area (Å²) in [6.45, 7) is 0.294. The first-order chi connectivity index (χ1) is 8.66. The van der Waals surface area contributed by atoms with Gasteiger partial charge in [-0.2, -0.15) is 4.98 Å². The molecule has 1 amide bonds. The molecule has 2 rings (SSSR count). The van der Waals surface area contributed by atoms with Gasteiger partial charge in [-0.15, -0.1) is 0 Å². The topological polar surface area (TPSA) is 94.0 Å². The smallest absolute Gasteiger partial charge is 0.254 e. The van der Waals surface area contributed by atoms with Crippen LogP contribution in [0.5, 0.6) is 0 Å². The molecule has 94 valence electrons. The van der Waals surface area contributed by atoms with Crippen molar-refractivity contribution in [3.05, 3.63) is 41.8 Å². The summed E-state index contributed by atoms with van der Waals surface area (Å²) in [6, 6.07) is 3.92.